The van der Waals surface area contributed by atoms with Crippen LogP contribution in [0.3, 0.4) is 0 Å². The van der Waals surface area contributed by atoms with Crippen molar-refractivity contribution >= 4 is 0 Å². The molecule has 1 aromatic heterocycles. The molecule has 0 atom stereocenters. The second-order valence-corrected chi connectivity index (χ2v) is 6.27. The van der Waals surface area contributed by atoms with Crippen molar-refractivity contribution in [3.63, 3.8) is 0 Å². The highest BCUT2D eigenvalue weighted by atomic mass is 19.1. The average molecular weight is 339 g/mol. The predicted molar refractivity (Wildman–Crippen MR) is 105 cm³/mol. The molecule has 0 aliphatic rings. The molecular weight excluding hydrogens is 321 g/mol. The number of nitrogens with zero attached hydrogens (tertiary/aromatic N) is 1. The molecule has 0 bridgehead atoms. The summed E-state index contributed by atoms with van der Waals surface area (Å²) in [6.07, 6.45) is 0. The van der Waals surface area contributed by atoms with E-state index in [0.29, 0.717) is 0 Å². The first-order chi connectivity index (χ1) is 12.7. The van der Waals surface area contributed by atoms with Gasteiger partial charge in [0.2, 0.25) is 0 Å². The molecule has 0 radical (unpaired) electrons. The maximum absolute atomic E-state index is 13.3. The van der Waals surface area contributed by atoms with Crippen LogP contribution in [0.1, 0.15) is 5.56 Å². The number of pyridine rings is 1. The highest BCUT2D eigenvalue weighted by Crippen LogP contribution is 2.34. The summed E-state index contributed by atoms with van der Waals surface area (Å²) in [6.45, 7) is 2.10. The molecule has 4 aromatic rings. The second kappa shape index (κ2) is 6.93. The molecule has 1 heterocycles. The minimum atomic E-state index is -0.243. The lowest BCUT2D eigenvalue weighted by molar-refractivity contribution is 0.628. The van der Waals surface area contributed by atoms with Crippen molar-refractivity contribution in [3.8, 4) is 33.6 Å². The van der Waals surface area contributed by atoms with Crippen LogP contribution >= 0.6 is 0 Å². The fourth-order valence-electron chi connectivity index (χ4n) is 3.17. The van der Waals surface area contributed by atoms with Gasteiger partial charge in [0.15, 0.2) is 0 Å². The van der Waals surface area contributed by atoms with Crippen molar-refractivity contribution in [2.75, 3.05) is 0 Å². The topological polar surface area (TPSA) is 12.9 Å². The van der Waals surface area contributed by atoms with Crippen LogP contribution in [0.4, 0.5) is 4.39 Å². The summed E-state index contributed by atoms with van der Waals surface area (Å²) < 4.78 is 13.3. The molecule has 0 aliphatic carbocycles. The van der Waals surface area contributed by atoms with Crippen molar-refractivity contribution in [2.45, 2.75) is 6.92 Å². The third kappa shape index (κ3) is 3.14. The Morgan fingerprint density at radius 3 is 1.85 bits per heavy atom. The molecule has 2 heteroatoms. The first-order valence-electron chi connectivity index (χ1n) is 8.61. The van der Waals surface area contributed by atoms with Gasteiger partial charge in [0.25, 0.3) is 0 Å². The SMILES string of the molecule is Cc1c(-c2ccccc2)cc(-c2ccc(F)cc2)nc1-c1ccccc1. The third-order valence-electron chi connectivity index (χ3n) is 4.54. The van der Waals surface area contributed by atoms with Gasteiger partial charge in [-0.25, -0.2) is 9.37 Å². The Labute approximate surface area is 152 Å². The number of rotatable bonds is 3. The number of hydrogen-bond acceptors (Lipinski definition) is 1. The Hall–Kier alpha value is -3.26. The highest BCUT2D eigenvalue weighted by Gasteiger charge is 2.13. The van der Waals surface area contributed by atoms with E-state index in [2.05, 4.69) is 37.3 Å². The lowest BCUT2D eigenvalue weighted by Gasteiger charge is -2.14. The fourth-order valence-corrected chi connectivity index (χ4v) is 3.17. The summed E-state index contributed by atoms with van der Waals surface area (Å²) in [6, 6.07) is 29.0. The molecule has 0 aliphatic heterocycles. The molecule has 0 saturated heterocycles. The minimum absolute atomic E-state index is 0.243. The van der Waals surface area contributed by atoms with E-state index in [1.807, 2.05) is 36.4 Å². The van der Waals surface area contributed by atoms with Crippen LogP contribution in [0, 0.1) is 12.7 Å². The van der Waals surface area contributed by atoms with Crippen LogP contribution < -0.4 is 0 Å². The first kappa shape index (κ1) is 16.2. The number of benzene rings is 3. The van der Waals surface area contributed by atoms with Crippen LogP contribution in [0.15, 0.2) is 91.0 Å². The van der Waals surface area contributed by atoms with E-state index in [1.54, 1.807) is 12.1 Å². The van der Waals surface area contributed by atoms with E-state index in [0.717, 1.165) is 39.2 Å². The van der Waals surface area contributed by atoms with Crippen molar-refractivity contribution < 1.29 is 4.39 Å². The molecule has 26 heavy (non-hydrogen) atoms. The molecule has 0 unspecified atom stereocenters. The fraction of sp³-hybridized carbons (Fsp3) is 0.0417. The molecule has 0 saturated carbocycles. The van der Waals surface area contributed by atoms with Gasteiger partial charge in [0, 0.05) is 11.1 Å². The molecule has 0 amide bonds. The normalized spacial score (nSPS) is 10.7. The lowest BCUT2D eigenvalue weighted by Crippen LogP contribution is -1.96. The molecule has 0 spiro atoms. The summed E-state index contributed by atoms with van der Waals surface area (Å²) in [7, 11) is 0. The Morgan fingerprint density at radius 1 is 0.654 bits per heavy atom. The second-order valence-electron chi connectivity index (χ2n) is 6.27. The lowest BCUT2D eigenvalue weighted by atomic mass is 9.95. The number of aromatic nitrogens is 1. The van der Waals surface area contributed by atoms with Crippen LogP contribution in [-0.2, 0) is 0 Å². The van der Waals surface area contributed by atoms with Gasteiger partial charge in [-0.3, -0.25) is 0 Å². The van der Waals surface area contributed by atoms with E-state index in [1.165, 1.54) is 12.1 Å². The summed E-state index contributed by atoms with van der Waals surface area (Å²) in [5, 5.41) is 0. The number of hydrogen-bond donors (Lipinski definition) is 0. The van der Waals surface area contributed by atoms with E-state index in [-0.39, 0.29) is 5.82 Å². The van der Waals surface area contributed by atoms with Crippen LogP contribution in [0.25, 0.3) is 33.6 Å². The van der Waals surface area contributed by atoms with E-state index >= 15 is 0 Å². The minimum Gasteiger partial charge on any atom is -0.247 e. The first-order valence-corrected chi connectivity index (χ1v) is 8.61. The average Bonchev–Trinajstić information content (AvgIpc) is 2.70. The highest BCUT2D eigenvalue weighted by molar-refractivity contribution is 5.80. The van der Waals surface area contributed by atoms with Crippen LogP contribution in [0.2, 0.25) is 0 Å². The standard InChI is InChI=1S/C24H18FN/c1-17-22(18-8-4-2-5-9-18)16-23(19-12-14-21(25)15-13-19)26-24(17)20-10-6-3-7-11-20/h2-16H,1H3. The maximum Gasteiger partial charge on any atom is 0.123 e. The van der Waals surface area contributed by atoms with Crippen molar-refractivity contribution in [1.29, 1.82) is 0 Å². The van der Waals surface area contributed by atoms with Gasteiger partial charge in [-0.1, -0.05) is 60.7 Å². The van der Waals surface area contributed by atoms with Crippen molar-refractivity contribution in [2.24, 2.45) is 0 Å². The van der Waals surface area contributed by atoms with Crippen LogP contribution in [-0.4, -0.2) is 4.98 Å². The van der Waals surface area contributed by atoms with Gasteiger partial charge in [-0.2, -0.15) is 0 Å². The Bertz CT molecular complexity index is 962. The number of halogens is 1. The zero-order chi connectivity index (χ0) is 17.9. The monoisotopic (exact) mass is 339 g/mol. The zero-order valence-electron chi connectivity index (χ0n) is 14.5. The van der Waals surface area contributed by atoms with E-state index in [4.69, 9.17) is 4.98 Å². The molecule has 3 aromatic carbocycles. The largest absolute Gasteiger partial charge is 0.247 e. The van der Waals surface area contributed by atoms with Crippen LogP contribution in [0.5, 0.6) is 0 Å². The van der Waals surface area contributed by atoms with Crippen molar-refractivity contribution in [3.05, 3.63) is 102 Å². The zero-order valence-corrected chi connectivity index (χ0v) is 14.5. The summed E-state index contributed by atoms with van der Waals surface area (Å²) >= 11 is 0. The summed E-state index contributed by atoms with van der Waals surface area (Å²) in [5.74, 6) is -0.243. The summed E-state index contributed by atoms with van der Waals surface area (Å²) in [4.78, 5) is 4.91. The molecule has 0 N–H and O–H groups in total. The molecule has 0 fully saturated rings. The van der Waals surface area contributed by atoms with Gasteiger partial charge in [-0.15, -0.1) is 0 Å². The quantitative estimate of drug-likeness (QED) is 0.413. The van der Waals surface area contributed by atoms with E-state index in [9.17, 15) is 4.39 Å². The van der Waals surface area contributed by atoms with Crippen molar-refractivity contribution in [1.82, 2.24) is 4.98 Å². The third-order valence-corrected chi connectivity index (χ3v) is 4.54. The Balaban J connectivity index is 1.97. The van der Waals surface area contributed by atoms with Gasteiger partial charge in [0.05, 0.1) is 11.4 Å². The summed E-state index contributed by atoms with van der Waals surface area (Å²) in [5.41, 5.74) is 7.19. The van der Waals surface area contributed by atoms with Gasteiger partial charge in [-0.05, 0) is 53.9 Å². The maximum atomic E-state index is 13.3. The molecule has 4 rings (SSSR count). The Kier molecular flexibility index (Phi) is 4.32. The predicted octanol–water partition coefficient (Wildman–Crippen LogP) is 6.53. The molecule has 1 nitrogen and oxygen atoms in total. The van der Waals surface area contributed by atoms with Gasteiger partial charge in [0.1, 0.15) is 5.82 Å². The molecule has 126 valence electrons. The Morgan fingerprint density at radius 2 is 1.23 bits per heavy atom. The van der Waals surface area contributed by atoms with E-state index < -0.39 is 0 Å². The van der Waals surface area contributed by atoms with Gasteiger partial charge >= 0.3 is 0 Å². The van der Waals surface area contributed by atoms with Gasteiger partial charge < -0.3 is 0 Å². The molecular formula is C24H18FN. The smallest absolute Gasteiger partial charge is 0.123 e.